The van der Waals surface area contributed by atoms with E-state index in [-0.39, 0.29) is 5.91 Å². The number of carbonyl (C=O) groups excluding carboxylic acids is 2. The first-order chi connectivity index (χ1) is 14.9. The van der Waals surface area contributed by atoms with E-state index in [1.807, 2.05) is 48.6 Å². The number of hydrogen-bond acceptors (Lipinski definition) is 6. The number of thiophene rings is 1. The van der Waals surface area contributed by atoms with Crippen LogP contribution in [0.25, 0.3) is 10.4 Å². The number of carbonyl (C=O) groups is 2. The van der Waals surface area contributed by atoms with Crippen molar-refractivity contribution in [2.75, 3.05) is 43.6 Å². The molecule has 2 amide bonds. The second-order valence-electron chi connectivity index (χ2n) is 7.23. The monoisotopic (exact) mass is 438 g/mol. The van der Waals surface area contributed by atoms with Crippen molar-refractivity contribution >= 4 is 40.4 Å². The lowest BCUT2D eigenvalue weighted by atomic mass is 10.1. The second-order valence-corrected chi connectivity index (χ2v) is 8.18. The minimum atomic E-state index is -0.519. The standard InChI is InChI=1S/C23H26N4O3S/c1-27(2)12-4-13-30-23(29)25-18-9-6-16(7-10-18)22(28)26-20-15-17(8-11-19(20)24)21-5-3-14-31-21/h3,5-11,14-15H,4,12-13,24H2,1-2H3,(H,25,29)(H,26,28). The number of hydrogen-bond donors (Lipinski definition) is 3. The molecule has 0 aliphatic heterocycles. The summed E-state index contributed by atoms with van der Waals surface area (Å²) in [5, 5.41) is 7.51. The maximum Gasteiger partial charge on any atom is 0.411 e. The predicted molar refractivity (Wildman–Crippen MR) is 127 cm³/mol. The molecule has 3 rings (SSSR count). The van der Waals surface area contributed by atoms with E-state index in [4.69, 9.17) is 10.5 Å². The van der Waals surface area contributed by atoms with Crippen LogP contribution in [0.4, 0.5) is 21.9 Å². The van der Waals surface area contributed by atoms with Crippen LogP contribution in [0.3, 0.4) is 0 Å². The molecule has 0 saturated heterocycles. The zero-order chi connectivity index (χ0) is 22.2. The Kier molecular flexibility index (Phi) is 7.64. The summed E-state index contributed by atoms with van der Waals surface area (Å²) in [6.07, 6.45) is 0.241. The van der Waals surface area contributed by atoms with Gasteiger partial charge >= 0.3 is 6.09 Å². The van der Waals surface area contributed by atoms with E-state index >= 15 is 0 Å². The minimum absolute atomic E-state index is 0.284. The van der Waals surface area contributed by atoms with Gasteiger partial charge in [-0.1, -0.05) is 12.1 Å². The molecule has 4 N–H and O–H groups in total. The maximum atomic E-state index is 12.6. The van der Waals surface area contributed by atoms with Crippen LogP contribution in [0.2, 0.25) is 0 Å². The molecule has 162 valence electrons. The smallest absolute Gasteiger partial charge is 0.411 e. The van der Waals surface area contributed by atoms with Crippen molar-refractivity contribution in [1.82, 2.24) is 4.90 Å². The Labute approximate surface area is 185 Å². The number of nitrogen functional groups attached to an aromatic ring is 1. The predicted octanol–water partition coefficient (Wildman–Crippen LogP) is 4.75. The van der Waals surface area contributed by atoms with Crippen molar-refractivity contribution in [3.63, 3.8) is 0 Å². The molecule has 2 aromatic carbocycles. The average Bonchev–Trinajstić information content (AvgIpc) is 3.28. The molecule has 0 saturated carbocycles. The number of nitrogens with one attached hydrogen (secondary N) is 2. The van der Waals surface area contributed by atoms with Gasteiger partial charge in [0.15, 0.2) is 0 Å². The number of nitrogens with zero attached hydrogens (tertiary/aromatic N) is 1. The topological polar surface area (TPSA) is 96.7 Å². The van der Waals surface area contributed by atoms with Gasteiger partial charge in [0.25, 0.3) is 5.91 Å². The Morgan fingerprint density at radius 2 is 1.84 bits per heavy atom. The molecule has 0 aliphatic rings. The number of benzene rings is 2. The van der Waals surface area contributed by atoms with Gasteiger partial charge in [-0.3, -0.25) is 10.1 Å². The first-order valence-corrected chi connectivity index (χ1v) is 10.7. The molecular weight excluding hydrogens is 412 g/mol. The highest BCUT2D eigenvalue weighted by Gasteiger charge is 2.11. The zero-order valence-electron chi connectivity index (χ0n) is 17.6. The summed E-state index contributed by atoms with van der Waals surface area (Å²) in [6.45, 7) is 1.19. The van der Waals surface area contributed by atoms with Gasteiger partial charge in [0.05, 0.1) is 18.0 Å². The van der Waals surface area contributed by atoms with Crippen LogP contribution < -0.4 is 16.4 Å². The molecule has 0 bridgehead atoms. The highest BCUT2D eigenvalue weighted by molar-refractivity contribution is 7.13. The van der Waals surface area contributed by atoms with Crippen LogP contribution in [0.5, 0.6) is 0 Å². The molecule has 0 spiro atoms. The molecule has 0 aliphatic carbocycles. The van der Waals surface area contributed by atoms with Gasteiger partial charge in [-0.2, -0.15) is 0 Å². The molecule has 8 heteroatoms. The molecule has 1 aromatic heterocycles. The van der Waals surface area contributed by atoms with E-state index < -0.39 is 6.09 Å². The highest BCUT2D eigenvalue weighted by Crippen LogP contribution is 2.30. The van der Waals surface area contributed by atoms with Crippen LogP contribution in [0, 0.1) is 0 Å². The number of anilines is 3. The van der Waals surface area contributed by atoms with Gasteiger partial charge in [-0.05, 0) is 73.9 Å². The summed E-state index contributed by atoms with van der Waals surface area (Å²) in [7, 11) is 3.93. The van der Waals surface area contributed by atoms with Gasteiger partial charge in [-0.25, -0.2) is 4.79 Å². The second kappa shape index (κ2) is 10.6. The van der Waals surface area contributed by atoms with Gasteiger partial charge in [-0.15, -0.1) is 11.3 Å². The molecule has 7 nitrogen and oxygen atoms in total. The maximum absolute atomic E-state index is 12.6. The van der Waals surface area contributed by atoms with Gasteiger partial charge < -0.3 is 20.7 Å². The van der Waals surface area contributed by atoms with E-state index in [0.717, 1.165) is 23.4 Å². The lowest BCUT2D eigenvalue weighted by Crippen LogP contribution is -2.19. The van der Waals surface area contributed by atoms with Crippen LogP contribution >= 0.6 is 11.3 Å². The summed E-state index contributed by atoms with van der Waals surface area (Å²) in [6, 6.07) is 16.1. The third-order valence-corrected chi connectivity index (χ3v) is 5.40. The van der Waals surface area contributed by atoms with Gasteiger partial charge in [0.2, 0.25) is 0 Å². The Morgan fingerprint density at radius 1 is 1.06 bits per heavy atom. The van der Waals surface area contributed by atoms with E-state index in [1.165, 1.54) is 0 Å². The van der Waals surface area contributed by atoms with Crippen LogP contribution in [0.1, 0.15) is 16.8 Å². The Morgan fingerprint density at radius 3 is 2.52 bits per heavy atom. The summed E-state index contributed by atoms with van der Waals surface area (Å²) in [5.41, 5.74) is 9.07. The van der Waals surface area contributed by atoms with Gasteiger partial charge in [0, 0.05) is 22.7 Å². The fourth-order valence-electron chi connectivity index (χ4n) is 2.86. The number of nitrogens with two attached hydrogens (primary N) is 1. The lowest BCUT2D eigenvalue weighted by Gasteiger charge is -2.11. The molecule has 3 aromatic rings. The average molecular weight is 439 g/mol. The molecule has 1 heterocycles. The summed E-state index contributed by atoms with van der Waals surface area (Å²) in [5.74, 6) is -0.284. The Hall–Kier alpha value is -3.36. The number of ether oxygens (including phenoxy) is 1. The minimum Gasteiger partial charge on any atom is -0.449 e. The first kappa shape index (κ1) is 22.3. The summed E-state index contributed by atoms with van der Waals surface area (Å²) < 4.78 is 5.14. The third kappa shape index (κ3) is 6.56. The largest absolute Gasteiger partial charge is 0.449 e. The van der Waals surface area contributed by atoms with Crippen LogP contribution in [-0.2, 0) is 4.74 Å². The molecule has 0 unspecified atom stereocenters. The van der Waals surface area contributed by atoms with E-state index in [1.54, 1.807) is 41.7 Å². The summed E-state index contributed by atoms with van der Waals surface area (Å²) in [4.78, 5) is 27.6. The van der Waals surface area contributed by atoms with Crippen molar-refractivity contribution in [2.45, 2.75) is 6.42 Å². The fraction of sp³-hybridized carbons (Fsp3) is 0.217. The number of amides is 2. The van der Waals surface area contributed by atoms with Crippen LogP contribution in [-0.4, -0.2) is 44.1 Å². The van der Waals surface area contributed by atoms with Crippen molar-refractivity contribution in [3.8, 4) is 10.4 Å². The molecule has 0 radical (unpaired) electrons. The Bertz CT molecular complexity index is 1020. The molecule has 31 heavy (non-hydrogen) atoms. The summed E-state index contributed by atoms with van der Waals surface area (Å²) >= 11 is 1.62. The normalized spacial score (nSPS) is 10.7. The number of rotatable bonds is 8. The van der Waals surface area contributed by atoms with Crippen molar-refractivity contribution in [1.29, 1.82) is 0 Å². The highest BCUT2D eigenvalue weighted by atomic mass is 32.1. The SMILES string of the molecule is CN(C)CCCOC(=O)Nc1ccc(C(=O)Nc2cc(-c3cccs3)ccc2N)cc1. The lowest BCUT2D eigenvalue weighted by molar-refractivity contribution is 0.102. The Balaban J connectivity index is 1.57. The molecular formula is C23H26N4O3S. The van der Waals surface area contributed by atoms with E-state index in [0.29, 0.717) is 29.2 Å². The van der Waals surface area contributed by atoms with Crippen molar-refractivity contribution in [2.24, 2.45) is 0 Å². The zero-order valence-corrected chi connectivity index (χ0v) is 18.4. The van der Waals surface area contributed by atoms with Crippen molar-refractivity contribution < 1.29 is 14.3 Å². The quantitative estimate of drug-likeness (QED) is 0.348. The van der Waals surface area contributed by atoms with Gasteiger partial charge in [0.1, 0.15) is 0 Å². The molecule has 0 fully saturated rings. The van der Waals surface area contributed by atoms with Crippen molar-refractivity contribution in [3.05, 3.63) is 65.5 Å². The first-order valence-electron chi connectivity index (χ1n) is 9.85. The van der Waals surface area contributed by atoms with E-state index in [9.17, 15) is 9.59 Å². The third-order valence-electron chi connectivity index (χ3n) is 4.48. The van der Waals surface area contributed by atoms with Crippen LogP contribution in [0.15, 0.2) is 60.0 Å². The molecule has 0 atom stereocenters. The van der Waals surface area contributed by atoms with E-state index in [2.05, 4.69) is 10.6 Å². The fourth-order valence-corrected chi connectivity index (χ4v) is 3.58.